The molecule has 0 heterocycles. The second-order valence-electron chi connectivity index (χ2n) is 4.70. The lowest BCUT2D eigenvalue weighted by Gasteiger charge is -2.40. The first-order valence-electron chi connectivity index (χ1n) is 5.98. The van der Waals surface area contributed by atoms with Crippen LogP contribution in [0.15, 0.2) is 18.2 Å². The minimum Gasteiger partial charge on any atom is -0.478 e. The fraction of sp³-hybridized carbons (Fsp3) is 0.462. The van der Waals surface area contributed by atoms with Gasteiger partial charge in [0, 0.05) is 11.3 Å². The van der Waals surface area contributed by atoms with Gasteiger partial charge in [-0.3, -0.25) is 0 Å². The van der Waals surface area contributed by atoms with Crippen LogP contribution in [-0.4, -0.2) is 28.6 Å². The lowest BCUT2D eigenvalue weighted by molar-refractivity contribution is 0.0697. The van der Waals surface area contributed by atoms with Gasteiger partial charge < -0.3 is 16.2 Å². The van der Waals surface area contributed by atoms with E-state index in [0.29, 0.717) is 10.4 Å². The van der Waals surface area contributed by atoms with Crippen molar-refractivity contribution in [2.24, 2.45) is 0 Å². The molecule has 1 fully saturated rings. The monoisotopic (exact) mass is 266 g/mol. The van der Waals surface area contributed by atoms with Gasteiger partial charge in [-0.15, -0.1) is 0 Å². The van der Waals surface area contributed by atoms with E-state index in [1.807, 2.05) is 11.8 Å². The largest absolute Gasteiger partial charge is 0.478 e. The summed E-state index contributed by atoms with van der Waals surface area (Å²) in [4.78, 5) is 10.9. The van der Waals surface area contributed by atoms with E-state index in [9.17, 15) is 4.79 Å². The highest BCUT2D eigenvalue weighted by molar-refractivity contribution is 8.00. The average Bonchev–Trinajstić information content (AvgIpc) is 2.30. The first kappa shape index (κ1) is 13.1. The third-order valence-electron chi connectivity index (χ3n) is 3.60. The maximum absolute atomic E-state index is 10.9. The van der Waals surface area contributed by atoms with Crippen molar-refractivity contribution in [2.75, 3.05) is 23.9 Å². The average molecular weight is 266 g/mol. The van der Waals surface area contributed by atoms with Gasteiger partial charge in [-0.05, 0) is 37.3 Å². The first-order chi connectivity index (χ1) is 8.56. The zero-order valence-corrected chi connectivity index (χ0v) is 11.2. The highest BCUT2D eigenvalue weighted by Gasteiger charge is 2.35. The molecule has 0 bridgehead atoms. The van der Waals surface area contributed by atoms with Crippen LogP contribution in [-0.2, 0) is 0 Å². The third kappa shape index (κ3) is 2.56. The van der Waals surface area contributed by atoms with E-state index in [1.165, 1.54) is 25.3 Å². The minimum atomic E-state index is -0.929. The molecule has 0 amide bonds. The van der Waals surface area contributed by atoms with Crippen LogP contribution >= 0.6 is 11.8 Å². The van der Waals surface area contributed by atoms with Crippen LogP contribution in [0.5, 0.6) is 0 Å². The number of benzene rings is 1. The van der Waals surface area contributed by atoms with E-state index in [-0.39, 0.29) is 5.56 Å². The SMILES string of the molecule is CSC1(CNc2cc(C(=O)O)ccc2N)CCC1. The number of nitrogen functional groups attached to an aromatic ring is 1. The van der Waals surface area contributed by atoms with Gasteiger partial charge in [0.05, 0.1) is 16.9 Å². The number of thioether (sulfide) groups is 1. The van der Waals surface area contributed by atoms with Crippen molar-refractivity contribution in [1.82, 2.24) is 0 Å². The zero-order valence-electron chi connectivity index (χ0n) is 10.4. The van der Waals surface area contributed by atoms with Crippen LogP contribution in [0.25, 0.3) is 0 Å². The second kappa shape index (κ2) is 5.10. The van der Waals surface area contributed by atoms with Gasteiger partial charge in [-0.25, -0.2) is 4.79 Å². The molecular weight excluding hydrogens is 248 g/mol. The highest BCUT2D eigenvalue weighted by atomic mass is 32.2. The molecule has 0 spiro atoms. The molecule has 4 nitrogen and oxygen atoms in total. The molecule has 1 aliphatic rings. The molecule has 1 aromatic rings. The number of anilines is 2. The molecule has 0 atom stereocenters. The summed E-state index contributed by atoms with van der Waals surface area (Å²) in [6, 6.07) is 4.76. The van der Waals surface area contributed by atoms with Crippen molar-refractivity contribution in [3.8, 4) is 0 Å². The van der Waals surface area contributed by atoms with Crippen molar-refractivity contribution in [3.05, 3.63) is 23.8 Å². The van der Waals surface area contributed by atoms with Crippen molar-refractivity contribution in [1.29, 1.82) is 0 Å². The number of carboxylic acids is 1. The molecule has 1 aliphatic carbocycles. The van der Waals surface area contributed by atoms with Gasteiger partial charge in [0.2, 0.25) is 0 Å². The number of hydrogen-bond acceptors (Lipinski definition) is 4. The summed E-state index contributed by atoms with van der Waals surface area (Å²) < 4.78 is 0.297. The molecule has 5 heteroatoms. The van der Waals surface area contributed by atoms with Crippen molar-refractivity contribution in [2.45, 2.75) is 24.0 Å². The Hall–Kier alpha value is -1.36. The minimum absolute atomic E-state index is 0.263. The van der Waals surface area contributed by atoms with Crippen molar-refractivity contribution >= 4 is 29.1 Å². The molecule has 98 valence electrons. The summed E-state index contributed by atoms with van der Waals surface area (Å²) in [7, 11) is 0. The summed E-state index contributed by atoms with van der Waals surface area (Å²) >= 11 is 1.88. The number of aromatic carboxylic acids is 1. The molecule has 4 N–H and O–H groups in total. The predicted octanol–water partition coefficient (Wildman–Crippen LogP) is 2.66. The standard InChI is InChI=1S/C13H18N2O2S/c1-18-13(5-2-6-13)8-15-11-7-9(12(16)17)3-4-10(11)14/h3-4,7,15H,2,5-6,8,14H2,1H3,(H,16,17). The van der Waals surface area contributed by atoms with Gasteiger partial charge in [-0.2, -0.15) is 11.8 Å². The van der Waals surface area contributed by atoms with Crippen LogP contribution in [0.1, 0.15) is 29.6 Å². The van der Waals surface area contributed by atoms with Crippen LogP contribution < -0.4 is 11.1 Å². The maximum Gasteiger partial charge on any atom is 0.335 e. The smallest absolute Gasteiger partial charge is 0.335 e. The van der Waals surface area contributed by atoms with E-state index < -0.39 is 5.97 Å². The molecule has 1 saturated carbocycles. The predicted molar refractivity (Wildman–Crippen MR) is 76.4 cm³/mol. The summed E-state index contributed by atoms with van der Waals surface area (Å²) in [5.74, 6) is -0.929. The van der Waals surface area contributed by atoms with E-state index in [1.54, 1.807) is 12.1 Å². The molecule has 0 saturated heterocycles. The molecule has 0 aliphatic heterocycles. The van der Waals surface area contributed by atoms with Crippen LogP contribution in [0, 0.1) is 0 Å². The first-order valence-corrected chi connectivity index (χ1v) is 7.21. The number of carboxylic acid groups (broad SMARTS) is 1. The van der Waals surface area contributed by atoms with Gasteiger partial charge >= 0.3 is 5.97 Å². The Kier molecular flexibility index (Phi) is 3.71. The van der Waals surface area contributed by atoms with Gasteiger partial charge in [0.25, 0.3) is 0 Å². The van der Waals surface area contributed by atoms with Gasteiger partial charge in [-0.1, -0.05) is 6.42 Å². The number of hydrogen-bond donors (Lipinski definition) is 3. The van der Waals surface area contributed by atoms with Crippen LogP contribution in [0.3, 0.4) is 0 Å². The fourth-order valence-corrected chi connectivity index (χ4v) is 3.04. The summed E-state index contributed by atoms with van der Waals surface area (Å²) in [5.41, 5.74) is 7.43. The Balaban J connectivity index is 2.08. The molecule has 0 radical (unpaired) electrons. The highest BCUT2D eigenvalue weighted by Crippen LogP contribution is 2.43. The Labute approximate surface area is 111 Å². The zero-order chi connectivity index (χ0) is 13.2. The van der Waals surface area contributed by atoms with Gasteiger partial charge in [0.1, 0.15) is 0 Å². The Morgan fingerprint density at radius 2 is 2.28 bits per heavy atom. The van der Waals surface area contributed by atoms with Crippen molar-refractivity contribution < 1.29 is 9.90 Å². The van der Waals surface area contributed by atoms with Crippen molar-refractivity contribution in [3.63, 3.8) is 0 Å². The normalized spacial score (nSPS) is 16.9. The number of nitrogens with one attached hydrogen (secondary N) is 1. The molecule has 2 rings (SSSR count). The second-order valence-corrected chi connectivity index (χ2v) is 5.98. The summed E-state index contributed by atoms with van der Waals surface area (Å²) in [5, 5.41) is 12.3. The maximum atomic E-state index is 10.9. The lowest BCUT2D eigenvalue weighted by atomic mass is 9.84. The number of nitrogens with two attached hydrogens (primary N) is 1. The Morgan fingerprint density at radius 1 is 1.56 bits per heavy atom. The fourth-order valence-electron chi connectivity index (χ4n) is 2.12. The lowest BCUT2D eigenvalue weighted by Crippen LogP contribution is -2.40. The van der Waals surface area contributed by atoms with Crippen LogP contribution in [0.4, 0.5) is 11.4 Å². The Morgan fingerprint density at radius 3 is 2.78 bits per heavy atom. The van der Waals surface area contributed by atoms with E-state index in [0.717, 1.165) is 12.2 Å². The summed E-state index contributed by atoms with van der Waals surface area (Å²) in [6.07, 6.45) is 5.81. The summed E-state index contributed by atoms with van der Waals surface area (Å²) in [6.45, 7) is 0.835. The number of carbonyl (C=O) groups is 1. The molecular formula is C13H18N2O2S. The topological polar surface area (TPSA) is 75.3 Å². The van der Waals surface area contributed by atoms with E-state index in [4.69, 9.17) is 10.8 Å². The molecule has 1 aromatic carbocycles. The molecule has 0 unspecified atom stereocenters. The van der Waals surface area contributed by atoms with E-state index >= 15 is 0 Å². The number of rotatable bonds is 5. The van der Waals surface area contributed by atoms with Gasteiger partial charge in [0.15, 0.2) is 0 Å². The Bertz CT molecular complexity index is 453. The molecule has 0 aromatic heterocycles. The van der Waals surface area contributed by atoms with Crippen LogP contribution in [0.2, 0.25) is 0 Å². The van der Waals surface area contributed by atoms with E-state index in [2.05, 4.69) is 11.6 Å². The molecule has 18 heavy (non-hydrogen) atoms. The third-order valence-corrected chi connectivity index (χ3v) is 5.02. The quantitative estimate of drug-likeness (QED) is 0.714.